The molecule has 0 heterocycles. The van der Waals surface area contributed by atoms with E-state index in [9.17, 15) is 56.4 Å². The number of azo groups is 2. The standard InChI is InChI=1S/2C17H13N3O6S.Ba/c2*1-10-5-7-12(9-13(10)20(22)23)18-19-17-14(21)8-6-11-3-2-4-15(16(11)17)27(24,25)26;/h2*2-9,21H,1H3,(H,24,25,26);/q;;+2/p-2. The molecule has 0 unspecified atom stereocenters. The number of aromatic hydroxyl groups is 2. The molecule has 0 aliphatic rings. The van der Waals surface area contributed by atoms with Crippen LogP contribution in [-0.4, -0.2) is 94.9 Å². The van der Waals surface area contributed by atoms with Gasteiger partial charge < -0.3 is 19.3 Å². The number of hydrogen-bond acceptors (Lipinski definition) is 16. The summed E-state index contributed by atoms with van der Waals surface area (Å²) in [6.45, 7) is 3.14. The Morgan fingerprint density at radius 2 is 0.909 bits per heavy atom. The first kappa shape index (κ1) is 42.6. The van der Waals surface area contributed by atoms with Gasteiger partial charge in [0, 0.05) is 34.0 Å². The molecule has 18 nitrogen and oxygen atoms in total. The van der Waals surface area contributed by atoms with Crippen molar-refractivity contribution in [3.63, 3.8) is 0 Å². The fourth-order valence-electron chi connectivity index (χ4n) is 5.18. The van der Waals surface area contributed by atoms with Crippen molar-refractivity contribution in [1.82, 2.24) is 0 Å². The van der Waals surface area contributed by atoms with Gasteiger partial charge in [-0.3, -0.25) is 20.2 Å². The molecule has 55 heavy (non-hydrogen) atoms. The summed E-state index contributed by atoms with van der Waals surface area (Å²) >= 11 is 0. The molecule has 0 amide bonds. The van der Waals surface area contributed by atoms with Crippen LogP contribution in [0.25, 0.3) is 21.5 Å². The van der Waals surface area contributed by atoms with Crippen molar-refractivity contribution in [3.8, 4) is 11.5 Å². The van der Waals surface area contributed by atoms with Crippen LogP contribution in [0, 0.1) is 34.1 Å². The van der Waals surface area contributed by atoms with Crippen LogP contribution in [0.4, 0.5) is 34.1 Å². The Morgan fingerprint density at radius 3 is 1.24 bits per heavy atom. The summed E-state index contributed by atoms with van der Waals surface area (Å²) in [5, 5.41) is 58.3. The van der Waals surface area contributed by atoms with E-state index in [1.807, 2.05) is 0 Å². The zero-order chi connectivity index (χ0) is 39.5. The molecular weight excluding hydrogens is 886 g/mol. The minimum Gasteiger partial charge on any atom is -0.744 e. The summed E-state index contributed by atoms with van der Waals surface area (Å²) in [6.07, 6.45) is 0. The number of aryl methyl sites for hydroxylation is 2. The van der Waals surface area contributed by atoms with Crippen molar-refractivity contribution in [1.29, 1.82) is 0 Å². The second-order valence-electron chi connectivity index (χ2n) is 11.3. The van der Waals surface area contributed by atoms with Crippen LogP contribution in [0.3, 0.4) is 0 Å². The van der Waals surface area contributed by atoms with Gasteiger partial charge in [-0.1, -0.05) is 48.5 Å². The van der Waals surface area contributed by atoms with E-state index in [1.165, 1.54) is 72.8 Å². The van der Waals surface area contributed by atoms with E-state index in [4.69, 9.17) is 0 Å². The summed E-state index contributed by atoms with van der Waals surface area (Å²) < 4.78 is 69.3. The molecule has 0 spiro atoms. The average molecular weight is 910 g/mol. The van der Waals surface area contributed by atoms with Crippen molar-refractivity contribution in [2.45, 2.75) is 23.6 Å². The van der Waals surface area contributed by atoms with Gasteiger partial charge in [-0.05, 0) is 61.0 Å². The van der Waals surface area contributed by atoms with Crippen LogP contribution in [0.2, 0.25) is 0 Å². The van der Waals surface area contributed by atoms with E-state index in [2.05, 4.69) is 20.5 Å². The Bertz CT molecular complexity index is 2610. The van der Waals surface area contributed by atoms with E-state index in [0.717, 1.165) is 12.1 Å². The third-order valence-electron chi connectivity index (χ3n) is 7.77. The molecule has 0 radical (unpaired) electrons. The van der Waals surface area contributed by atoms with Gasteiger partial charge >= 0.3 is 48.9 Å². The van der Waals surface area contributed by atoms with Gasteiger partial charge in [0.15, 0.2) is 0 Å². The van der Waals surface area contributed by atoms with Crippen molar-refractivity contribution >= 4 is 125 Å². The summed E-state index contributed by atoms with van der Waals surface area (Å²) in [5.41, 5.74) is 0.389. The van der Waals surface area contributed by atoms with Crippen molar-refractivity contribution < 1.29 is 46.0 Å². The van der Waals surface area contributed by atoms with Crippen LogP contribution in [-0.2, 0) is 20.2 Å². The molecule has 2 N–H and O–H groups in total. The average Bonchev–Trinajstić information content (AvgIpc) is 3.10. The molecule has 0 aliphatic carbocycles. The van der Waals surface area contributed by atoms with E-state index in [-0.39, 0.29) is 105 Å². The summed E-state index contributed by atoms with van der Waals surface area (Å²) in [4.78, 5) is 19.8. The fraction of sp³-hybridized carbons (Fsp3) is 0.0588. The Labute approximate surface area is 351 Å². The maximum atomic E-state index is 11.6. The SMILES string of the molecule is Cc1ccc(N=Nc2c(O)ccc3cccc(S(=O)(=O)[O-])c23)cc1[N+](=O)[O-].Cc1ccc(N=Nc2c(O)ccc3cccc(S(=O)(=O)[O-])c23)cc1[N+](=O)[O-].[Ba+2]. The molecule has 0 fully saturated rings. The van der Waals surface area contributed by atoms with E-state index < -0.39 is 39.9 Å². The summed E-state index contributed by atoms with van der Waals surface area (Å²) in [6, 6.07) is 21.9. The minimum absolute atomic E-state index is 0. The fourth-order valence-corrected chi connectivity index (χ4v) is 6.60. The molecule has 0 saturated carbocycles. The first-order chi connectivity index (χ1) is 25.4. The number of fused-ring (bicyclic) bond motifs is 2. The number of rotatable bonds is 8. The van der Waals surface area contributed by atoms with Crippen LogP contribution >= 0.6 is 0 Å². The van der Waals surface area contributed by atoms with Gasteiger partial charge in [0.2, 0.25) is 0 Å². The smallest absolute Gasteiger partial charge is 0.744 e. The van der Waals surface area contributed by atoms with Gasteiger partial charge in [-0.25, -0.2) is 16.8 Å². The number of phenols is 2. The number of hydrogen-bond donors (Lipinski definition) is 2. The summed E-state index contributed by atoms with van der Waals surface area (Å²) in [5.74, 6) is -0.770. The molecule has 0 atom stereocenters. The predicted molar refractivity (Wildman–Crippen MR) is 197 cm³/mol. The predicted octanol–water partition coefficient (Wildman–Crippen LogP) is 7.78. The molecule has 0 aromatic heterocycles. The van der Waals surface area contributed by atoms with E-state index >= 15 is 0 Å². The molecule has 0 bridgehead atoms. The molecule has 6 rings (SSSR count). The third kappa shape index (κ3) is 9.75. The Balaban J connectivity index is 0.000000240. The maximum absolute atomic E-state index is 11.6. The van der Waals surface area contributed by atoms with Crippen LogP contribution in [0.5, 0.6) is 11.5 Å². The maximum Gasteiger partial charge on any atom is 2.00 e. The quantitative estimate of drug-likeness (QED) is 0.0486. The minimum atomic E-state index is -4.83. The van der Waals surface area contributed by atoms with E-state index in [0.29, 0.717) is 21.9 Å². The Hall–Kier alpha value is -5.17. The van der Waals surface area contributed by atoms with Crippen molar-refractivity contribution in [2.24, 2.45) is 20.5 Å². The van der Waals surface area contributed by atoms with E-state index in [1.54, 1.807) is 26.0 Å². The van der Waals surface area contributed by atoms with Gasteiger partial charge in [0.05, 0.1) is 31.0 Å². The number of nitro groups is 2. The molecule has 0 saturated heterocycles. The molecule has 6 aromatic rings. The Morgan fingerprint density at radius 1 is 0.545 bits per heavy atom. The summed E-state index contributed by atoms with van der Waals surface area (Å²) in [7, 11) is -9.65. The number of benzene rings is 6. The number of nitrogens with zero attached hydrogens (tertiary/aromatic N) is 6. The normalized spacial score (nSPS) is 11.7. The second-order valence-corrected chi connectivity index (χ2v) is 14.0. The van der Waals surface area contributed by atoms with Gasteiger partial charge in [0.25, 0.3) is 11.4 Å². The van der Waals surface area contributed by atoms with Crippen LogP contribution in [0.1, 0.15) is 11.1 Å². The first-order valence-corrected chi connectivity index (χ1v) is 17.9. The van der Waals surface area contributed by atoms with Gasteiger partial charge in [0.1, 0.15) is 43.1 Å². The number of phenolic OH excluding ortho intramolecular Hbond substituents is 2. The monoisotopic (exact) mass is 910 g/mol. The first-order valence-electron chi connectivity index (χ1n) is 15.1. The van der Waals surface area contributed by atoms with Crippen LogP contribution in [0.15, 0.2) is 127 Å². The molecule has 0 aliphatic heterocycles. The van der Waals surface area contributed by atoms with Crippen LogP contribution < -0.4 is 0 Å². The zero-order valence-electron chi connectivity index (χ0n) is 28.4. The van der Waals surface area contributed by atoms with Crippen molar-refractivity contribution in [2.75, 3.05) is 0 Å². The molecule has 276 valence electrons. The molecule has 6 aromatic carbocycles. The largest absolute Gasteiger partial charge is 2.00 e. The number of nitro benzene ring substituents is 2. The van der Waals surface area contributed by atoms with Crippen molar-refractivity contribution in [3.05, 3.63) is 128 Å². The third-order valence-corrected chi connectivity index (χ3v) is 9.52. The zero-order valence-corrected chi connectivity index (χ0v) is 34.5. The van der Waals surface area contributed by atoms with Gasteiger partial charge in [-0.15, -0.1) is 10.2 Å². The Kier molecular flexibility index (Phi) is 13.2. The molecular formula is C34H24BaN6O12S2. The van der Waals surface area contributed by atoms with Gasteiger partial charge in [-0.2, -0.15) is 10.2 Å². The second kappa shape index (κ2) is 17.1. The topological polar surface area (TPSA) is 291 Å². The molecule has 21 heteroatoms.